The maximum absolute atomic E-state index is 15.1. The van der Waals surface area contributed by atoms with E-state index in [4.69, 9.17) is 56.4 Å². The SMILES string of the molecule is CC(=O)c1cc(NC(=O)c2ccc(OC(F)(F)F)cc2Oc2ccc(OC(F)(F)F)cc2)ccn1.COc1cc(OC(F)(F)F)ccc1Oc1ccc(C(F)(F)F)c(F)c1C(=O)Nc1cc(C(C)=O)ncc1Cl.COc1cc(OC(F)(F)F)ccc1Oc1ccc(Cl)cc1C(=O)Nc1cc(C(C)=O)ncc1C.COc1cc(OC(F)(F)F)ccc1Oc1cncc(F)c1C(=O)Nc1cc(C(C)=O)ncc1C. The molecule has 0 aliphatic heterocycles. The van der Waals surface area contributed by atoms with E-state index in [-0.39, 0.29) is 124 Å². The predicted molar refractivity (Wildman–Crippen MR) is 456 cm³/mol. The molecule has 5 aromatic heterocycles. The molecule has 5 heterocycles. The van der Waals surface area contributed by atoms with Gasteiger partial charge < -0.3 is 78.1 Å². The van der Waals surface area contributed by atoms with Crippen LogP contribution < -0.4 is 78.1 Å². The van der Waals surface area contributed by atoms with Crippen LogP contribution in [-0.2, 0) is 6.18 Å². The summed E-state index contributed by atoms with van der Waals surface area (Å²) < 4.78 is 314. The fourth-order valence-electron chi connectivity index (χ4n) is 11.4. The second-order valence-corrected chi connectivity index (χ2v) is 28.8. The molecule has 0 fully saturated rings. The van der Waals surface area contributed by atoms with E-state index in [0.717, 1.165) is 130 Å². The highest BCUT2D eigenvalue weighted by Gasteiger charge is 2.40. The van der Waals surface area contributed by atoms with E-state index in [1.54, 1.807) is 13.8 Å². The summed E-state index contributed by atoms with van der Waals surface area (Å²) in [6, 6.07) is 27.0. The van der Waals surface area contributed by atoms with Gasteiger partial charge in [0.2, 0.25) is 0 Å². The van der Waals surface area contributed by atoms with Crippen LogP contribution in [0.4, 0.5) is 111 Å². The van der Waals surface area contributed by atoms with Gasteiger partial charge in [0.05, 0.1) is 61.1 Å². The van der Waals surface area contributed by atoms with E-state index in [1.165, 1.54) is 102 Å². The molecular formula is C90H63Cl2F20N9O20. The van der Waals surface area contributed by atoms with E-state index in [0.29, 0.717) is 28.9 Å². The minimum atomic E-state index is -5.21. The van der Waals surface area contributed by atoms with E-state index < -0.39 is 142 Å². The van der Waals surface area contributed by atoms with Crippen molar-refractivity contribution in [3.8, 4) is 92.0 Å². The third kappa shape index (κ3) is 31.9. The number of nitrogens with zero attached hydrogens (tertiary/aromatic N) is 5. The molecule has 29 nitrogen and oxygen atoms in total. The van der Waals surface area contributed by atoms with Gasteiger partial charge in [-0.1, -0.05) is 23.2 Å². The summed E-state index contributed by atoms with van der Waals surface area (Å²) in [6.07, 6.45) is -23.0. The zero-order chi connectivity index (χ0) is 104. The molecule has 0 bridgehead atoms. The number of methoxy groups -OCH3 is 3. The number of carbonyl (C=O) groups is 8. The lowest BCUT2D eigenvalue weighted by molar-refractivity contribution is -0.275. The highest BCUT2D eigenvalue weighted by Crippen LogP contribution is 2.45. The molecule has 12 rings (SSSR count). The van der Waals surface area contributed by atoms with Gasteiger partial charge in [-0.3, -0.25) is 63.3 Å². The van der Waals surface area contributed by atoms with Crippen molar-refractivity contribution in [3.05, 3.63) is 278 Å². The molecule has 12 aromatic rings. The Morgan fingerprint density at radius 3 is 1.14 bits per heavy atom. The summed E-state index contributed by atoms with van der Waals surface area (Å²) in [5.41, 5.74) is -1.98. The van der Waals surface area contributed by atoms with Gasteiger partial charge >= 0.3 is 38.0 Å². The van der Waals surface area contributed by atoms with Crippen LogP contribution in [0, 0.1) is 25.5 Å². The van der Waals surface area contributed by atoms with Gasteiger partial charge in [0, 0.05) is 98.8 Å². The molecule has 4 amide bonds. The van der Waals surface area contributed by atoms with Gasteiger partial charge in [-0.2, -0.15) is 13.2 Å². The molecule has 0 aliphatic carbocycles. The fourth-order valence-corrected chi connectivity index (χ4v) is 11.7. The maximum Gasteiger partial charge on any atom is 0.573 e. The van der Waals surface area contributed by atoms with Crippen molar-refractivity contribution < 1.29 is 183 Å². The zero-order valence-corrected chi connectivity index (χ0v) is 74.2. The number of benzene rings is 7. The molecule has 0 radical (unpaired) electrons. The smallest absolute Gasteiger partial charge is 0.493 e. The van der Waals surface area contributed by atoms with Crippen LogP contribution in [0.5, 0.6) is 92.0 Å². The molecule has 141 heavy (non-hydrogen) atoms. The lowest BCUT2D eigenvalue weighted by Crippen LogP contribution is -2.19. The van der Waals surface area contributed by atoms with Crippen molar-refractivity contribution >= 4 is 92.7 Å². The Morgan fingerprint density at radius 2 is 0.688 bits per heavy atom. The zero-order valence-electron chi connectivity index (χ0n) is 72.7. The minimum Gasteiger partial charge on any atom is -0.493 e. The van der Waals surface area contributed by atoms with Gasteiger partial charge in [-0.15, -0.1) is 65.9 Å². The number of alkyl halides is 18. The van der Waals surface area contributed by atoms with Gasteiger partial charge in [-0.25, -0.2) is 8.78 Å². The number of halogens is 22. The molecule has 742 valence electrons. The first kappa shape index (κ1) is 108. The number of rotatable bonds is 28. The van der Waals surface area contributed by atoms with Gasteiger partial charge in [-0.05, 0) is 158 Å². The predicted octanol–water partition coefficient (Wildman–Crippen LogP) is 24.4. The second-order valence-electron chi connectivity index (χ2n) is 27.9. The first-order valence-electron chi connectivity index (χ1n) is 38.8. The summed E-state index contributed by atoms with van der Waals surface area (Å²) >= 11 is 12.0. The molecule has 0 atom stereocenters. The number of hydrogen-bond acceptors (Lipinski definition) is 25. The van der Waals surface area contributed by atoms with Crippen LogP contribution in [0.1, 0.15) is 128 Å². The molecular weight excluding hydrogens is 1980 g/mol. The number of aromatic nitrogens is 5. The third-order valence-electron chi connectivity index (χ3n) is 17.7. The lowest BCUT2D eigenvalue weighted by atomic mass is 10.1. The number of aryl methyl sites for hydroxylation is 2. The number of anilines is 4. The largest absolute Gasteiger partial charge is 0.573 e. The van der Waals surface area contributed by atoms with Crippen molar-refractivity contribution in [2.24, 2.45) is 0 Å². The Hall–Kier alpha value is -16.4. The molecule has 0 saturated heterocycles. The standard InChI is InChI=1S/C23H14ClF7N2O5.C23H18ClF3N2O5.C22H14F6N2O5.C22H17F4N3O5/c1-10(34)14-8-15(13(24)9-32-14)33-21(35)19-17(6-4-12(20(19)25)22(26,27)28)37-16-5-3-11(7-18(16)36-2)38-23(29,30)31;1-12-11-28-18(13(2)30)10-17(12)29-22(31)16-8-14(24)4-6-19(16)33-20-7-5-15(9-21(20)32-3)34-23(25,26)27;1-12(31)18-10-13(8-9-29-18)30-20(32)17-7-6-16(35-22(26,27)28)11-19(17)33-14-2-4-15(5-3-14)34-21(23,24)25;1-11-8-28-16(12(2)30)7-15(11)29-21(31)20-14(23)9-27-10-19(20)33-17-5-4-13(6-18(17)32-3)34-22(24,25)26/h3-9H,1-2H3,(H,32,33,35);4-11H,1-3H3,(H,28,29,31);2-11H,1H3,(H,29,30,32);4-10H,1-3H3,(H,28,29,31). The fraction of sp³-hybridized carbons (Fsp3) is 0.167. The van der Waals surface area contributed by atoms with Crippen LogP contribution in [0.25, 0.3) is 0 Å². The van der Waals surface area contributed by atoms with Crippen molar-refractivity contribution in [1.29, 1.82) is 0 Å². The molecule has 51 heteroatoms. The molecule has 0 aliphatic rings. The molecule has 7 aromatic carbocycles. The maximum atomic E-state index is 15.1. The van der Waals surface area contributed by atoms with Crippen molar-refractivity contribution in [2.75, 3.05) is 42.6 Å². The second kappa shape index (κ2) is 45.7. The number of pyridine rings is 5. The summed E-state index contributed by atoms with van der Waals surface area (Å²) in [5, 5.41) is 9.78. The summed E-state index contributed by atoms with van der Waals surface area (Å²) in [4.78, 5) is 117. The summed E-state index contributed by atoms with van der Waals surface area (Å²) in [7, 11) is 3.46. The van der Waals surface area contributed by atoms with Crippen LogP contribution in [-0.4, -0.2) is 125 Å². The third-order valence-corrected chi connectivity index (χ3v) is 18.2. The normalized spacial score (nSPS) is 11.3. The Bertz CT molecular complexity index is 6690. The molecule has 0 spiro atoms. The Balaban J connectivity index is 0.000000210. The van der Waals surface area contributed by atoms with Gasteiger partial charge in [0.1, 0.15) is 85.6 Å². The Labute approximate surface area is 789 Å². The Morgan fingerprint density at radius 1 is 0.319 bits per heavy atom. The summed E-state index contributed by atoms with van der Waals surface area (Å²) in [5.74, 6) is -14.0. The lowest BCUT2D eigenvalue weighted by Gasteiger charge is -2.18. The summed E-state index contributed by atoms with van der Waals surface area (Å²) in [6.45, 7) is 8.41. The topological polar surface area (TPSA) is 360 Å². The van der Waals surface area contributed by atoms with Gasteiger partial charge in [0.25, 0.3) is 23.6 Å². The number of ether oxygens (including phenoxy) is 12. The van der Waals surface area contributed by atoms with E-state index >= 15 is 4.39 Å². The quantitative estimate of drug-likeness (QED) is 0.0261. The van der Waals surface area contributed by atoms with Gasteiger partial charge in [0.15, 0.2) is 75.0 Å². The van der Waals surface area contributed by atoms with E-state index in [2.05, 4.69) is 69.9 Å². The van der Waals surface area contributed by atoms with Crippen molar-refractivity contribution in [2.45, 2.75) is 79.5 Å². The first-order valence-corrected chi connectivity index (χ1v) is 39.5. The minimum absolute atomic E-state index is 0.0331. The average molecular weight is 2040 g/mol. The Kier molecular flexibility index (Phi) is 35.1. The molecule has 4 N–H and O–H groups in total. The number of nitrogens with one attached hydrogen (secondary N) is 4. The van der Waals surface area contributed by atoms with Crippen LogP contribution in [0.3, 0.4) is 0 Å². The average Bonchev–Trinajstić information content (AvgIpc) is 0.776. The number of amides is 4. The highest BCUT2D eigenvalue weighted by atomic mass is 35.5. The first-order chi connectivity index (χ1) is 65.8. The van der Waals surface area contributed by atoms with Crippen LogP contribution >= 0.6 is 23.2 Å². The molecule has 0 saturated carbocycles. The highest BCUT2D eigenvalue weighted by molar-refractivity contribution is 6.34. The molecule has 0 unspecified atom stereocenters. The van der Waals surface area contributed by atoms with Crippen LogP contribution in [0.2, 0.25) is 10.0 Å². The monoisotopic (exact) mass is 2040 g/mol. The van der Waals surface area contributed by atoms with E-state index in [9.17, 15) is 122 Å². The number of hydrogen-bond donors (Lipinski definition) is 4. The number of Topliss-reactive ketones (excluding diaryl/α,β-unsaturated/α-hetero) is 4. The van der Waals surface area contributed by atoms with Crippen molar-refractivity contribution in [3.63, 3.8) is 0 Å². The number of ketones is 4. The van der Waals surface area contributed by atoms with Crippen LogP contribution in [0.15, 0.2) is 195 Å². The number of carbonyl (C=O) groups excluding carboxylic acids is 8. The van der Waals surface area contributed by atoms with Crippen molar-refractivity contribution in [1.82, 2.24) is 24.9 Å². The van der Waals surface area contributed by atoms with E-state index in [1.807, 2.05) is 0 Å².